The average Bonchev–Trinajstić information content (AvgIpc) is 2.92. The van der Waals surface area contributed by atoms with Crippen LogP contribution in [0.1, 0.15) is 22.6 Å². The zero-order valence-electron chi connectivity index (χ0n) is 12.2. The summed E-state index contributed by atoms with van der Waals surface area (Å²) in [7, 11) is 3.57. The van der Waals surface area contributed by atoms with E-state index in [9.17, 15) is 9.59 Å². The van der Waals surface area contributed by atoms with E-state index in [1.807, 2.05) is 17.8 Å². The lowest BCUT2D eigenvalue weighted by Gasteiger charge is -2.16. The van der Waals surface area contributed by atoms with Crippen LogP contribution in [0.5, 0.6) is 0 Å². The number of aromatic nitrogens is 3. The van der Waals surface area contributed by atoms with Gasteiger partial charge in [-0.3, -0.25) is 14.6 Å². The Bertz CT molecular complexity index is 622. The number of hydrogen-bond acceptors (Lipinski definition) is 4. The summed E-state index contributed by atoms with van der Waals surface area (Å²) in [6, 6.07) is 3.23. The lowest BCUT2D eigenvalue weighted by Crippen LogP contribution is -2.34. The molecule has 0 atom stereocenters. The predicted molar refractivity (Wildman–Crippen MR) is 77.7 cm³/mol. The monoisotopic (exact) mass is 286 g/mol. The van der Waals surface area contributed by atoms with Gasteiger partial charge in [-0.05, 0) is 18.6 Å². The summed E-state index contributed by atoms with van der Waals surface area (Å²) in [5, 5.41) is 0. The number of rotatable bonds is 6. The van der Waals surface area contributed by atoms with Crippen molar-refractivity contribution in [3.63, 3.8) is 0 Å². The molecule has 6 heteroatoms. The van der Waals surface area contributed by atoms with Crippen molar-refractivity contribution in [1.82, 2.24) is 19.4 Å². The molecule has 1 amide bonds. The summed E-state index contributed by atoms with van der Waals surface area (Å²) in [5.41, 5.74) is 0.318. The van der Waals surface area contributed by atoms with Gasteiger partial charge in [-0.25, -0.2) is 4.98 Å². The second-order valence-electron chi connectivity index (χ2n) is 4.86. The first-order valence-corrected chi connectivity index (χ1v) is 6.75. The van der Waals surface area contributed by atoms with Crippen LogP contribution >= 0.6 is 0 Å². The molecule has 0 aliphatic heterocycles. The third-order valence-corrected chi connectivity index (χ3v) is 3.28. The molecule has 6 nitrogen and oxygen atoms in total. The number of hydrogen-bond donors (Lipinski definition) is 0. The number of aryl methyl sites for hydroxylation is 2. The van der Waals surface area contributed by atoms with Crippen LogP contribution in [0, 0.1) is 0 Å². The zero-order chi connectivity index (χ0) is 15.2. The molecule has 0 unspecified atom stereocenters. The lowest BCUT2D eigenvalue weighted by molar-refractivity contribution is -0.125. The van der Waals surface area contributed by atoms with Crippen LogP contribution < -0.4 is 0 Å². The molecule has 2 aromatic heterocycles. The average molecular weight is 286 g/mol. The summed E-state index contributed by atoms with van der Waals surface area (Å²) in [5.74, 6) is -0.0696. The van der Waals surface area contributed by atoms with Crippen molar-refractivity contribution >= 4 is 11.7 Å². The number of carbonyl (C=O) groups excluding carboxylic acids is 2. The summed E-state index contributed by atoms with van der Waals surface area (Å²) in [6.07, 6.45) is 8.13. The third-order valence-electron chi connectivity index (χ3n) is 3.28. The number of amides is 1. The molecule has 0 fully saturated rings. The molecule has 0 aliphatic rings. The summed E-state index contributed by atoms with van der Waals surface area (Å²) < 4.78 is 1.95. The van der Waals surface area contributed by atoms with Crippen molar-refractivity contribution in [2.24, 2.45) is 7.05 Å². The van der Waals surface area contributed by atoms with Gasteiger partial charge in [0.1, 0.15) is 5.82 Å². The van der Waals surface area contributed by atoms with Crippen LogP contribution in [0.4, 0.5) is 0 Å². The highest BCUT2D eigenvalue weighted by Gasteiger charge is 2.20. The van der Waals surface area contributed by atoms with E-state index in [0.29, 0.717) is 12.1 Å². The summed E-state index contributed by atoms with van der Waals surface area (Å²) in [6.45, 7) is 0.512. The smallest absolute Gasteiger partial charge is 0.294 e. The van der Waals surface area contributed by atoms with Crippen molar-refractivity contribution in [3.05, 3.63) is 48.3 Å². The quantitative estimate of drug-likeness (QED) is 0.589. The Morgan fingerprint density at radius 3 is 2.76 bits per heavy atom. The Kier molecular flexibility index (Phi) is 4.81. The summed E-state index contributed by atoms with van der Waals surface area (Å²) in [4.78, 5) is 33.5. The fraction of sp³-hybridized carbons (Fsp3) is 0.333. The second-order valence-corrected chi connectivity index (χ2v) is 4.86. The fourth-order valence-corrected chi connectivity index (χ4v) is 2.01. The molecular formula is C15H18N4O2. The Morgan fingerprint density at radius 1 is 1.33 bits per heavy atom. The maximum atomic E-state index is 12.0. The first-order chi connectivity index (χ1) is 10.1. The number of pyridine rings is 1. The maximum Gasteiger partial charge on any atom is 0.294 e. The minimum absolute atomic E-state index is 0.318. The second kappa shape index (κ2) is 6.78. The number of nitrogens with zero attached hydrogens (tertiary/aromatic N) is 4. The first-order valence-electron chi connectivity index (χ1n) is 6.75. The fourth-order valence-electron chi connectivity index (χ4n) is 2.01. The molecule has 2 heterocycles. The molecule has 0 spiro atoms. The van der Waals surface area contributed by atoms with Gasteiger partial charge < -0.3 is 9.47 Å². The Labute approximate surface area is 123 Å². The van der Waals surface area contributed by atoms with Gasteiger partial charge in [0.05, 0.1) is 0 Å². The van der Waals surface area contributed by atoms with Gasteiger partial charge in [-0.2, -0.15) is 0 Å². The highest BCUT2D eigenvalue weighted by Crippen LogP contribution is 2.03. The van der Waals surface area contributed by atoms with Crippen LogP contribution in [-0.2, 0) is 18.3 Å². The van der Waals surface area contributed by atoms with Gasteiger partial charge in [0.25, 0.3) is 11.7 Å². The van der Waals surface area contributed by atoms with Crippen molar-refractivity contribution in [3.8, 4) is 0 Å². The van der Waals surface area contributed by atoms with Crippen LogP contribution in [-0.4, -0.2) is 44.7 Å². The Hall–Kier alpha value is -2.50. The van der Waals surface area contributed by atoms with E-state index in [1.54, 1.807) is 31.6 Å². The molecule has 0 saturated heterocycles. The van der Waals surface area contributed by atoms with E-state index in [-0.39, 0.29) is 0 Å². The molecule has 21 heavy (non-hydrogen) atoms. The molecule has 110 valence electrons. The van der Waals surface area contributed by atoms with Crippen LogP contribution in [0.2, 0.25) is 0 Å². The largest absolute Gasteiger partial charge is 0.339 e. The van der Waals surface area contributed by atoms with Gasteiger partial charge in [0.15, 0.2) is 0 Å². The lowest BCUT2D eigenvalue weighted by atomic mass is 10.1. The van der Waals surface area contributed by atoms with Gasteiger partial charge in [-0.15, -0.1) is 0 Å². The van der Waals surface area contributed by atoms with Crippen LogP contribution in [0.25, 0.3) is 0 Å². The van der Waals surface area contributed by atoms with E-state index in [1.165, 1.54) is 11.1 Å². The van der Waals surface area contributed by atoms with Crippen molar-refractivity contribution in [2.75, 3.05) is 13.6 Å². The SMILES string of the molecule is CN(CCCc1nccn1C)C(=O)C(=O)c1cccnc1. The molecule has 0 aliphatic carbocycles. The van der Waals surface area contributed by atoms with Gasteiger partial charge >= 0.3 is 0 Å². The van der Waals surface area contributed by atoms with E-state index in [4.69, 9.17) is 0 Å². The predicted octanol–water partition coefficient (Wildman–Crippen LogP) is 1.09. The third kappa shape index (κ3) is 3.75. The molecule has 0 N–H and O–H groups in total. The minimum atomic E-state index is -0.525. The molecule has 0 aromatic carbocycles. The van der Waals surface area contributed by atoms with Crippen LogP contribution in [0.15, 0.2) is 36.9 Å². The highest BCUT2D eigenvalue weighted by molar-refractivity contribution is 6.42. The molecule has 0 bridgehead atoms. The van der Waals surface area contributed by atoms with E-state index < -0.39 is 11.7 Å². The normalized spacial score (nSPS) is 10.4. The molecular weight excluding hydrogens is 268 g/mol. The van der Waals surface area contributed by atoms with E-state index in [0.717, 1.165) is 18.7 Å². The number of likely N-dealkylation sites (N-methyl/N-ethyl adjacent to an activating group) is 1. The summed E-state index contributed by atoms with van der Waals surface area (Å²) >= 11 is 0. The Morgan fingerprint density at radius 2 is 2.14 bits per heavy atom. The zero-order valence-corrected chi connectivity index (χ0v) is 12.2. The van der Waals surface area contributed by atoms with Crippen molar-refractivity contribution in [1.29, 1.82) is 0 Å². The highest BCUT2D eigenvalue weighted by atomic mass is 16.2. The van der Waals surface area contributed by atoms with E-state index in [2.05, 4.69) is 9.97 Å². The number of imidazole rings is 1. The topological polar surface area (TPSA) is 68.1 Å². The number of Topliss-reactive ketones (excluding diaryl/α,β-unsaturated/α-hetero) is 1. The molecule has 2 rings (SSSR count). The van der Waals surface area contributed by atoms with Crippen LogP contribution in [0.3, 0.4) is 0 Å². The van der Waals surface area contributed by atoms with Crippen molar-refractivity contribution < 1.29 is 9.59 Å². The maximum absolute atomic E-state index is 12.0. The number of carbonyl (C=O) groups is 2. The van der Waals surface area contributed by atoms with E-state index >= 15 is 0 Å². The molecule has 0 radical (unpaired) electrons. The Balaban J connectivity index is 1.85. The minimum Gasteiger partial charge on any atom is -0.339 e. The van der Waals surface area contributed by atoms with Gasteiger partial charge in [-0.1, -0.05) is 0 Å². The van der Waals surface area contributed by atoms with Crippen molar-refractivity contribution in [2.45, 2.75) is 12.8 Å². The molecule has 0 saturated carbocycles. The van der Waals surface area contributed by atoms with Gasteiger partial charge in [0, 0.05) is 57.4 Å². The first kappa shape index (κ1) is 14.9. The number of ketones is 1. The van der Waals surface area contributed by atoms with Gasteiger partial charge in [0.2, 0.25) is 0 Å². The standard InChI is InChI=1S/C15H18N4O2/c1-18-10-8-17-13(18)6-4-9-19(2)15(21)14(20)12-5-3-7-16-11-12/h3,5,7-8,10-11H,4,6,9H2,1-2H3. The molecule has 2 aromatic rings.